The van der Waals surface area contributed by atoms with Gasteiger partial charge in [0.2, 0.25) is 6.54 Å². The van der Waals surface area contributed by atoms with Crippen molar-refractivity contribution in [1.29, 1.82) is 0 Å². The third-order valence-electron chi connectivity index (χ3n) is 2.47. The van der Waals surface area contributed by atoms with Gasteiger partial charge in [-0.3, -0.25) is 4.79 Å². The van der Waals surface area contributed by atoms with Crippen molar-refractivity contribution < 1.29 is 9.37 Å². The van der Waals surface area contributed by atoms with E-state index < -0.39 is 0 Å². The van der Waals surface area contributed by atoms with E-state index >= 15 is 0 Å². The number of hydrogen-bond donors (Lipinski definition) is 0. The lowest BCUT2D eigenvalue weighted by Crippen LogP contribution is -2.26. The summed E-state index contributed by atoms with van der Waals surface area (Å²) in [6.45, 7) is 3.12. The van der Waals surface area contributed by atoms with Crippen LogP contribution >= 0.6 is 0 Å². The lowest BCUT2D eigenvalue weighted by atomic mass is 10.0. The predicted octanol–water partition coefficient (Wildman–Crippen LogP) is 1.26. The van der Waals surface area contributed by atoms with Crippen molar-refractivity contribution in [3.63, 3.8) is 0 Å². The van der Waals surface area contributed by atoms with Crippen LogP contribution in [0.5, 0.6) is 0 Å². The fourth-order valence-corrected chi connectivity index (χ4v) is 1.82. The molecule has 0 saturated heterocycles. The van der Waals surface area contributed by atoms with Gasteiger partial charge in [-0.05, 0) is 11.6 Å². The molecule has 2 rings (SSSR count). The van der Waals surface area contributed by atoms with Crippen LogP contribution in [0.25, 0.3) is 0 Å². The number of Topliss-reactive ketones (excluding diaryl/α,β-unsaturated/α-hetero) is 1. The van der Waals surface area contributed by atoms with Crippen molar-refractivity contribution in [2.75, 3.05) is 13.1 Å². The van der Waals surface area contributed by atoms with E-state index in [1.54, 1.807) is 6.92 Å². The highest BCUT2D eigenvalue weighted by atomic mass is 16.1. The maximum absolute atomic E-state index is 11.0. The van der Waals surface area contributed by atoms with Crippen molar-refractivity contribution in [1.82, 2.24) is 0 Å². The Kier molecular flexibility index (Phi) is 2.44. The van der Waals surface area contributed by atoms with Gasteiger partial charge >= 0.3 is 0 Å². The van der Waals surface area contributed by atoms with Crippen LogP contribution in [0.3, 0.4) is 0 Å². The molecule has 0 spiro atoms. The van der Waals surface area contributed by atoms with Gasteiger partial charge in [-0.15, -0.1) is 0 Å². The van der Waals surface area contributed by atoms with Gasteiger partial charge in [0.1, 0.15) is 6.54 Å². The maximum Gasteiger partial charge on any atom is 0.200 e. The van der Waals surface area contributed by atoms with Crippen LogP contribution in [0.4, 0.5) is 0 Å². The minimum atomic E-state index is 0.223. The van der Waals surface area contributed by atoms with E-state index in [9.17, 15) is 4.79 Å². The first-order chi connectivity index (χ1) is 6.75. The molecule has 2 nitrogen and oxygen atoms in total. The lowest BCUT2D eigenvalue weighted by Gasteiger charge is -2.10. The minimum Gasteiger partial charge on any atom is -0.293 e. The average molecular weight is 188 g/mol. The predicted molar refractivity (Wildman–Crippen MR) is 56.0 cm³/mol. The van der Waals surface area contributed by atoms with Crippen LogP contribution < -0.4 is 0 Å². The molecule has 1 heterocycles. The van der Waals surface area contributed by atoms with Crippen LogP contribution in [0.2, 0.25) is 0 Å². The molecule has 0 aliphatic carbocycles. The van der Waals surface area contributed by atoms with Gasteiger partial charge in [0.25, 0.3) is 0 Å². The summed E-state index contributed by atoms with van der Waals surface area (Å²) in [7, 11) is 0. The van der Waals surface area contributed by atoms with Crippen molar-refractivity contribution in [3.05, 3.63) is 35.4 Å². The maximum atomic E-state index is 11.0. The van der Waals surface area contributed by atoms with E-state index in [-0.39, 0.29) is 5.78 Å². The zero-order valence-corrected chi connectivity index (χ0v) is 8.36. The Hall–Kier alpha value is -1.44. The second-order valence-electron chi connectivity index (χ2n) is 3.75. The minimum absolute atomic E-state index is 0.223. The summed E-state index contributed by atoms with van der Waals surface area (Å²) in [6.07, 6.45) is 3.13. The molecule has 2 heteroatoms. The zero-order valence-electron chi connectivity index (χ0n) is 8.36. The largest absolute Gasteiger partial charge is 0.293 e. The van der Waals surface area contributed by atoms with E-state index in [0.717, 1.165) is 13.0 Å². The molecule has 0 amide bonds. The molecule has 1 aromatic carbocycles. The molecule has 14 heavy (non-hydrogen) atoms. The highest BCUT2D eigenvalue weighted by molar-refractivity contribution is 5.81. The Labute approximate surface area is 83.9 Å². The highest BCUT2D eigenvalue weighted by Crippen LogP contribution is 2.10. The third kappa shape index (κ3) is 1.90. The second-order valence-corrected chi connectivity index (χ2v) is 3.75. The van der Waals surface area contributed by atoms with Gasteiger partial charge in [-0.2, -0.15) is 0 Å². The fourth-order valence-electron chi connectivity index (χ4n) is 1.82. The molecule has 0 saturated carbocycles. The SMILES string of the molecule is CC(=O)C[N+]1=Cc2ccccc2CC1. The average Bonchev–Trinajstić information content (AvgIpc) is 2.17. The van der Waals surface area contributed by atoms with Crippen molar-refractivity contribution in [3.8, 4) is 0 Å². The summed E-state index contributed by atoms with van der Waals surface area (Å²) in [5.41, 5.74) is 2.63. The van der Waals surface area contributed by atoms with Crippen LogP contribution in [0.1, 0.15) is 18.1 Å². The number of benzene rings is 1. The standard InChI is InChI=1S/C12H14NO/c1-10(14)8-13-7-6-11-4-2-3-5-12(11)9-13/h2-5,9H,6-8H2,1H3/q+1. The Morgan fingerprint density at radius 2 is 2.21 bits per heavy atom. The summed E-state index contributed by atoms with van der Waals surface area (Å²) in [4.78, 5) is 11.0. The number of carbonyl (C=O) groups is 1. The molecule has 72 valence electrons. The Bertz CT molecular complexity index is 393. The topological polar surface area (TPSA) is 20.1 Å². The van der Waals surface area contributed by atoms with Crippen LogP contribution in [0.15, 0.2) is 24.3 Å². The summed E-state index contributed by atoms with van der Waals surface area (Å²) in [6, 6.07) is 8.35. The lowest BCUT2D eigenvalue weighted by molar-refractivity contribution is -0.512. The van der Waals surface area contributed by atoms with E-state index in [1.807, 2.05) is 6.07 Å². The van der Waals surface area contributed by atoms with Gasteiger partial charge in [0.05, 0.1) is 0 Å². The number of hydrogen-bond acceptors (Lipinski definition) is 1. The van der Waals surface area contributed by atoms with E-state index in [0.29, 0.717) is 6.54 Å². The van der Waals surface area contributed by atoms with Crippen LogP contribution in [-0.2, 0) is 11.2 Å². The zero-order chi connectivity index (χ0) is 9.97. The molecular formula is C12H14NO+. The number of carbonyl (C=O) groups excluding carboxylic acids is 1. The molecule has 1 aromatic rings. The van der Waals surface area contributed by atoms with Crippen molar-refractivity contribution in [2.24, 2.45) is 0 Å². The molecule has 0 fully saturated rings. The molecule has 0 N–H and O–H groups in total. The molecule has 1 aliphatic rings. The van der Waals surface area contributed by atoms with E-state index in [1.165, 1.54) is 11.1 Å². The first-order valence-corrected chi connectivity index (χ1v) is 4.92. The number of nitrogens with zero attached hydrogens (tertiary/aromatic N) is 1. The molecule has 0 atom stereocenters. The quantitative estimate of drug-likeness (QED) is 0.640. The molecule has 1 aliphatic heterocycles. The number of ketones is 1. The molecular weight excluding hydrogens is 174 g/mol. The van der Waals surface area contributed by atoms with Gasteiger partial charge in [0, 0.05) is 18.9 Å². The summed E-state index contributed by atoms with van der Waals surface area (Å²) in [5, 5.41) is 0. The first-order valence-electron chi connectivity index (χ1n) is 4.92. The third-order valence-corrected chi connectivity index (χ3v) is 2.47. The molecule has 0 aromatic heterocycles. The summed E-state index contributed by atoms with van der Waals surface area (Å²) >= 11 is 0. The Balaban J connectivity index is 2.26. The highest BCUT2D eigenvalue weighted by Gasteiger charge is 2.15. The summed E-state index contributed by atoms with van der Waals surface area (Å²) in [5.74, 6) is 0.223. The normalized spacial score (nSPS) is 14.5. The van der Waals surface area contributed by atoms with Crippen LogP contribution in [0, 0.1) is 0 Å². The monoisotopic (exact) mass is 188 g/mol. The van der Waals surface area contributed by atoms with E-state index in [4.69, 9.17) is 0 Å². The fraction of sp³-hybridized carbons (Fsp3) is 0.333. The van der Waals surface area contributed by atoms with Gasteiger partial charge in [-0.1, -0.05) is 18.2 Å². The van der Waals surface area contributed by atoms with Crippen molar-refractivity contribution in [2.45, 2.75) is 13.3 Å². The number of fused-ring (bicyclic) bond motifs is 1. The van der Waals surface area contributed by atoms with Crippen molar-refractivity contribution >= 4 is 12.0 Å². The van der Waals surface area contributed by atoms with Gasteiger partial charge in [-0.25, -0.2) is 4.58 Å². The van der Waals surface area contributed by atoms with Gasteiger partial charge < -0.3 is 0 Å². The van der Waals surface area contributed by atoms with E-state index in [2.05, 4.69) is 29.0 Å². The van der Waals surface area contributed by atoms with Crippen LogP contribution in [-0.4, -0.2) is 29.7 Å². The molecule has 0 radical (unpaired) electrons. The number of rotatable bonds is 2. The smallest absolute Gasteiger partial charge is 0.200 e. The van der Waals surface area contributed by atoms with Gasteiger partial charge in [0.15, 0.2) is 12.0 Å². The Morgan fingerprint density at radius 3 is 3.00 bits per heavy atom. The first kappa shape index (κ1) is 9.13. The summed E-state index contributed by atoms with van der Waals surface area (Å²) < 4.78 is 2.09. The molecule has 0 unspecified atom stereocenters. The second kappa shape index (κ2) is 3.74. The Morgan fingerprint density at radius 1 is 1.43 bits per heavy atom. The molecule has 0 bridgehead atoms.